The molecule has 1 atom stereocenters. The summed E-state index contributed by atoms with van der Waals surface area (Å²) < 4.78 is 5.20. The SMILES string of the molecule is CC(C)C[C@@H](NC(=O)c1ccccc1)C(=O)OC(C)C. The van der Waals surface area contributed by atoms with E-state index >= 15 is 0 Å². The lowest BCUT2D eigenvalue weighted by Gasteiger charge is -2.20. The molecule has 20 heavy (non-hydrogen) atoms. The van der Waals surface area contributed by atoms with Gasteiger partial charge in [-0.1, -0.05) is 32.0 Å². The number of amides is 1. The van der Waals surface area contributed by atoms with Gasteiger partial charge in [0.05, 0.1) is 6.10 Å². The summed E-state index contributed by atoms with van der Waals surface area (Å²) in [5.74, 6) is -0.342. The lowest BCUT2D eigenvalue weighted by molar-refractivity contribution is -0.150. The Morgan fingerprint density at radius 2 is 1.70 bits per heavy atom. The monoisotopic (exact) mass is 277 g/mol. The Balaban J connectivity index is 2.74. The van der Waals surface area contributed by atoms with Crippen molar-refractivity contribution in [2.24, 2.45) is 5.92 Å². The zero-order chi connectivity index (χ0) is 15.1. The van der Waals surface area contributed by atoms with Crippen molar-refractivity contribution < 1.29 is 14.3 Å². The van der Waals surface area contributed by atoms with Gasteiger partial charge in [-0.2, -0.15) is 0 Å². The standard InChI is InChI=1S/C16H23NO3/c1-11(2)10-14(16(19)20-12(3)4)17-15(18)13-8-6-5-7-9-13/h5-9,11-12,14H,10H2,1-4H3,(H,17,18)/t14-/m1/s1. The third-order valence-electron chi connectivity index (χ3n) is 2.68. The quantitative estimate of drug-likeness (QED) is 0.813. The lowest BCUT2D eigenvalue weighted by Crippen LogP contribution is -2.43. The average molecular weight is 277 g/mol. The zero-order valence-electron chi connectivity index (χ0n) is 12.6. The molecule has 0 bridgehead atoms. The number of ether oxygens (including phenoxy) is 1. The van der Waals surface area contributed by atoms with Crippen LogP contribution in [0.25, 0.3) is 0 Å². The van der Waals surface area contributed by atoms with Gasteiger partial charge in [0.1, 0.15) is 6.04 Å². The van der Waals surface area contributed by atoms with Crippen LogP contribution in [-0.4, -0.2) is 24.0 Å². The van der Waals surface area contributed by atoms with Gasteiger partial charge in [0.15, 0.2) is 0 Å². The Morgan fingerprint density at radius 1 is 1.10 bits per heavy atom. The fourth-order valence-corrected chi connectivity index (χ4v) is 1.83. The molecule has 4 nitrogen and oxygen atoms in total. The molecular weight excluding hydrogens is 254 g/mol. The maximum absolute atomic E-state index is 12.1. The first-order chi connectivity index (χ1) is 9.40. The maximum atomic E-state index is 12.1. The van der Waals surface area contributed by atoms with Crippen LogP contribution in [0.2, 0.25) is 0 Å². The van der Waals surface area contributed by atoms with Crippen molar-refractivity contribution in [3.8, 4) is 0 Å². The van der Waals surface area contributed by atoms with Crippen LogP contribution in [0.15, 0.2) is 30.3 Å². The predicted molar refractivity (Wildman–Crippen MR) is 78.4 cm³/mol. The molecule has 0 saturated carbocycles. The molecule has 0 fully saturated rings. The minimum absolute atomic E-state index is 0.189. The van der Waals surface area contributed by atoms with Crippen LogP contribution in [0.1, 0.15) is 44.5 Å². The molecule has 0 aromatic heterocycles. The topological polar surface area (TPSA) is 55.4 Å². The summed E-state index contributed by atoms with van der Waals surface area (Å²) in [5, 5.41) is 2.76. The van der Waals surface area contributed by atoms with Gasteiger partial charge < -0.3 is 10.1 Å². The maximum Gasteiger partial charge on any atom is 0.328 e. The molecule has 1 aromatic rings. The molecule has 0 aliphatic rings. The molecule has 1 rings (SSSR count). The Kier molecular flexibility index (Phi) is 6.22. The molecule has 0 spiro atoms. The highest BCUT2D eigenvalue weighted by Crippen LogP contribution is 2.09. The van der Waals surface area contributed by atoms with E-state index < -0.39 is 6.04 Å². The van der Waals surface area contributed by atoms with E-state index in [2.05, 4.69) is 5.32 Å². The van der Waals surface area contributed by atoms with Crippen LogP contribution < -0.4 is 5.32 Å². The van der Waals surface area contributed by atoms with Gasteiger partial charge in [0, 0.05) is 5.56 Å². The molecule has 1 amide bonds. The molecular formula is C16H23NO3. The second-order valence-electron chi connectivity index (χ2n) is 5.51. The number of carbonyl (C=O) groups is 2. The third kappa shape index (κ3) is 5.43. The van der Waals surface area contributed by atoms with E-state index in [9.17, 15) is 9.59 Å². The van der Waals surface area contributed by atoms with E-state index in [1.807, 2.05) is 19.9 Å². The summed E-state index contributed by atoms with van der Waals surface area (Å²) in [6, 6.07) is 8.25. The summed E-state index contributed by atoms with van der Waals surface area (Å²) in [6.45, 7) is 7.60. The van der Waals surface area contributed by atoms with Crippen LogP contribution >= 0.6 is 0 Å². The van der Waals surface area contributed by atoms with Crippen LogP contribution in [0.3, 0.4) is 0 Å². The van der Waals surface area contributed by atoms with Crippen molar-refractivity contribution in [1.82, 2.24) is 5.32 Å². The van der Waals surface area contributed by atoms with Crippen molar-refractivity contribution >= 4 is 11.9 Å². The molecule has 0 aliphatic carbocycles. The van der Waals surface area contributed by atoms with Gasteiger partial charge in [-0.15, -0.1) is 0 Å². The zero-order valence-corrected chi connectivity index (χ0v) is 12.6. The van der Waals surface area contributed by atoms with Crippen LogP contribution in [-0.2, 0) is 9.53 Å². The van der Waals surface area contributed by atoms with E-state index in [1.54, 1.807) is 38.1 Å². The van der Waals surface area contributed by atoms with E-state index in [0.717, 1.165) is 0 Å². The van der Waals surface area contributed by atoms with Gasteiger partial charge in [-0.3, -0.25) is 4.79 Å². The molecule has 110 valence electrons. The van der Waals surface area contributed by atoms with Crippen molar-refractivity contribution in [3.05, 3.63) is 35.9 Å². The Hall–Kier alpha value is -1.84. The van der Waals surface area contributed by atoms with Crippen molar-refractivity contribution in [3.63, 3.8) is 0 Å². The summed E-state index contributed by atoms with van der Waals surface area (Å²) in [5.41, 5.74) is 0.540. The van der Waals surface area contributed by atoms with Crippen molar-refractivity contribution in [1.29, 1.82) is 0 Å². The van der Waals surface area contributed by atoms with Gasteiger partial charge in [-0.05, 0) is 38.3 Å². The predicted octanol–water partition coefficient (Wildman–Crippen LogP) is 2.78. The molecule has 1 aromatic carbocycles. The van der Waals surface area contributed by atoms with Gasteiger partial charge >= 0.3 is 5.97 Å². The second kappa shape index (κ2) is 7.68. The molecule has 0 radical (unpaired) electrons. The van der Waals surface area contributed by atoms with Crippen LogP contribution in [0.4, 0.5) is 0 Å². The van der Waals surface area contributed by atoms with Crippen molar-refractivity contribution in [2.75, 3.05) is 0 Å². The Labute approximate surface area is 120 Å². The molecule has 0 unspecified atom stereocenters. The first-order valence-electron chi connectivity index (χ1n) is 6.96. The van der Waals surface area contributed by atoms with Gasteiger partial charge in [0.25, 0.3) is 5.91 Å². The number of hydrogen-bond acceptors (Lipinski definition) is 3. The fraction of sp³-hybridized carbons (Fsp3) is 0.500. The second-order valence-corrected chi connectivity index (χ2v) is 5.51. The van der Waals surface area contributed by atoms with Crippen LogP contribution in [0, 0.1) is 5.92 Å². The molecule has 4 heteroatoms. The number of hydrogen-bond donors (Lipinski definition) is 1. The number of carbonyl (C=O) groups excluding carboxylic acids is 2. The number of esters is 1. The van der Waals surface area contributed by atoms with E-state index in [4.69, 9.17) is 4.74 Å². The number of nitrogens with one attached hydrogen (secondary N) is 1. The lowest BCUT2D eigenvalue weighted by atomic mass is 10.0. The van der Waals surface area contributed by atoms with E-state index in [1.165, 1.54) is 0 Å². The molecule has 0 saturated heterocycles. The highest BCUT2D eigenvalue weighted by Gasteiger charge is 2.24. The summed E-state index contributed by atoms with van der Waals surface area (Å²) >= 11 is 0. The fourth-order valence-electron chi connectivity index (χ4n) is 1.83. The Bertz CT molecular complexity index is 440. The third-order valence-corrected chi connectivity index (χ3v) is 2.68. The van der Waals surface area contributed by atoms with Crippen molar-refractivity contribution in [2.45, 2.75) is 46.3 Å². The van der Waals surface area contributed by atoms with Gasteiger partial charge in [0.2, 0.25) is 0 Å². The van der Waals surface area contributed by atoms with Gasteiger partial charge in [-0.25, -0.2) is 4.79 Å². The average Bonchev–Trinajstić information content (AvgIpc) is 2.37. The first kappa shape index (κ1) is 16.2. The van der Waals surface area contributed by atoms with E-state index in [0.29, 0.717) is 12.0 Å². The summed E-state index contributed by atoms with van der Waals surface area (Å²) in [4.78, 5) is 24.1. The van der Waals surface area contributed by atoms with E-state index in [-0.39, 0.29) is 23.9 Å². The summed E-state index contributed by atoms with van der Waals surface area (Å²) in [7, 11) is 0. The largest absolute Gasteiger partial charge is 0.461 e. The summed E-state index contributed by atoms with van der Waals surface area (Å²) in [6.07, 6.45) is 0.371. The molecule has 0 aliphatic heterocycles. The highest BCUT2D eigenvalue weighted by molar-refractivity contribution is 5.96. The normalized spacial score (nSPS) is 12.3. The minimum Gasteiger partial charge on any atom is -0.461 e. The Morgan fingerprint density at radius 3 is 2.20 bits per heavy atom. The first-order valence-corrected chi connectivity index (χ1v) is 6.96. The number of rotatable bonds is 6. The smallest absolute Gasteiger partial charge is 0.328 e. The minimum atomic E-state index is -0.606. The number of benzene rings is 1. The molecule has 1 N–H and O–H groups in total. The van der Waals surface area contributed by atoms with Crippen LogP contribution in [0.5, 0.6) is 0 Å². The molecule has 0 heterocycles. The highest BCUT2D eigenvalue weighted by atomic mass is 16.5.